The Kier molecular flexibility index (Phi) is 8.82. The third kappa shape index (κ3) is 5.97. The second kappa shape index (κ2) is 11.1. The SMILES string of the molecule is CC(C)(C)CC1NC(C(=O)NCCCCO)C(c2cccc(Cl)c2F)C1(N)c1ccc(Cl)cc1F. The van der Waals surface area contributed by atoms with Crippen molar-refractivity contribution in [1.29, 1.82) is 0 Å². The molecule has 1 aliphatic rings. The maximum absolute atomic E-state index is 15.4. The number of hydrogen-bond donors (Lipinski definition) is 4. The van der Waals surface area contributed by atoms with E-state index in [4.69, 9.17) is 34.0 Å². The second-order valence-electron chi connectivity index (χ2n) is 10.4. The van der Waals surface area contributed by atoms with Crippen molar-refractivity contribution < 1.29 is 18.7 Å². The molecule has 1 amide bonds. The molecule has 0 aliphatic carbocycles. The van der Waals surface area contributed by atoms with Gasteiger partial charge in [-0.1, -0.05) is 62.2 Å². The van der Waals surface area contributed by atoms with Crippen LogP contribution >= 0.6 is 23.2 Å². The van der Waals surface area contributed by atoms with Crippen LogP contribution in [-0.4, -0.2) is 36.2 Å². The van der Waals surface area contributed by atoms with E-state index < -0.39 is 35.2 Å². The first-order chi connectivity index (χ1) is 16.4. The summed E-state index contributed by atoms with van der Waals surface area (Å²) in [6, 6.07) is 7.23. The molecular formula is C26H33Cl2F2N3O2. The summed E-state index contributed by atoms with van der Waals surface area (Å²) >= 11 is 12.1. The largest absolute Gasteiger partial charge is 0.396 e. The highest BCUT2D eigenvalue weighted by Gasteiger charge is 2.58. The van der Waals surface area contributed by atoms with Gasteiger partial charge in [-0.05, 0) is 48.4 Å². The van der Waals surface area contributed by atoms with Gasteiger partial charge in [0.15, 0.2) is 0 Å². The zero-order chi connectivity index (χ0) is 26.0. The molecule has 5 N–H and O–H groups in total. The molecule has 2 aromatic carbocycles. The first kappa shape index (κ1) is 27.8. The molecule has 2 aromatic rings. The molecule has 3 rings (SSSR count). The highest BCUT2D eigenvalue weighted by molar-refractivity contribution is 6.31. The van der Waals surface area contributed by atoms with Gasteiger partial charge in [-0.25, -0.2) is 8.78 Å². The minimum atomic E-state index is -1.50. The zero-order valence-corrected chi connectivity index (χ0v) is 21.7. The number of rotatable bonds is 8. The number of benzene rings is 2. The van der Waals surface area contributed by atoms with E-state index in [0.29, 0.717) is 25.8 Å². The Balaban J connectivity index is 2.19. The first-order valence-electron chi connectivity index (χ1n) is 11.7. The number of unbranched alkanes of at least 4 members (excludes halogenated alkanes) is 1. The lowest BCUT2D eigenvalue weighted by Crippen LogP contribution is -2.52. The molecule has 1 aliphatic heterocycles. The first-order valence-corrected chi connectivity index (χ1v) is 12.5. The van der Waals surface area contributed by atoms with E-state index in [-0.39, 0.29) is 39.1 Å². The molecule has 9 heteroatoms. The fraction of sp³-hybridized carbons (Fsp3) is 0.500. The van der Waals surface area contributed by atoms with Gasteiger partial charge < -0.3 is 21.5 Å². The van der Waals surface area contributed by atoms with Gasteiger partial charge in [-0.2, -0.15) is 0 Å². The second-order valence-corrected chi connectivity index (χ2v) is 11.2. The van der Waals surface area contributed by atoms with Crippen LogP contribution < -0.4 is 16.4 Å². The van der Waals surface area contributed by atoms with Crippen LogP contribution in [0.5, 0.6) is 0 Å². The third-order valence-electron chi connectivity index (χ3n) is 6.50. The molecule has 0 radical (unpaired) electrons. The summed E-state index contributed by atoms with van der Waals surface area (Å²) in [5, 5.41) is 15.3. The topological polar surface area (TPSA) is 87.4 Å². The van der Waals surface area contributed by atoms with Crippen LogP contribution in [0.15, 0.2) is 36.4 Å². The molecule has 1 saturated heterocycles. The van der Waals surface area contributed by atoms with Crippen molar-refractivity contribution in [1.82, 2.24) is 10.6 Å². The van der Waals surface area contributed by atoms with Crippen LogP contribution in [0.1, 0.15) is 57.1 Å². The van der Waals surface area contributed by atoms with Crippen molar-refractivity contribution in [3.8, 4) is 0 Å². The van der Waals surface area contributed by atoms with E-state index in [1.807, 2.05) is 20.8 Å². The summed E-state index contributed by atoms with van der Waals surface area (Å²) in [6.45, 7) is 6.40. The van der Waals surface area contributed by atoms with Gasteiger partial charge in [0.2, 0.25) is 5.91 Å². The summed E-state index contributed by atoms with van der Waals surface area (Å²) in [5.41, 5.74) is 5.65. The molecule has 0 saturated carbocycles. The molecule has 4 atom stereocenters. The lowest BCUT2D eigenvalue weighted by molar-refractivity contribution is -0.123. The van der Waals surface area contributed by atoms with Crippen molar-refractivity contribution in [3.63, 3.8) is 0 Å². The predicted octanol–water partition coefficient (Wildman–Crippen LogP) is 4.87. The summed E-state index contributed by atoms with van der Waals surface area (Å²) in [5.74, 6) is -2.67. The standard InChI is InChI=1S/C26H33Cl2F2N3O2/c1-25(2,3)14-20-26(31,17-10-9-15(27)13-19(17)29)21(16-7-6-8-18(28)22(16)30)23(33-20)24(35)32-11-4-5-12-34/h6-10,13,20-21,23,33-34H,4-5,11-12,14,31H2,1-3H3,(H,32,35). The molecule has 35 heavy (non-hydrogen) atoms. The number of nitrogens with one attached hydrogen (secondary N) is 2. The van der Waals surface area contributed by atoms with Crippen molar-refractivity contribution in [2.24, 2.45) is 11.1 Å². The van der Waals surface area contributed by atoms with Gasteiger partial charge in [0.05, 0.1) is 16.6 Å². The van der Waals surface area contributed by atoms with Gasteiger partial charge in [0.25, 0.3) is 0 Å². The van der Waals surface area contributed by atoms with Crippen molar-refractivity contribution in [3.05, 3.63) is 69.2 Å². The minimum absolute atomic E-state index is 0.0172. The van der Waals surface area contributed by atoms with Crippen LogP contribution in [0.3, 0.4) is 0 Å². The zero-order valence-electron chi connectivity index (χ0n) is 20.2. The van der Waals surface area contributed by atoms with Crippen molar-refractivity contribution in [2.75, 3.05) is 13.2 Å². The summed E-state index contributed by atoms with van der Waals surface area (Å²) in [4.78, 5) is 13.4. The van der Waals surface area contributed by atoms with Gasteiger partial charge in [-0.3, -0.25) is 4.79 Å². The third-order valence-corrected chi connectivity index (χ3v) is 7.03. The van der Waals surface area contributed by atoms with E-state index in [1.165, 1.54) is 30.3 Å². The summed E-state index contributed by atoms with van der Waals surface area (Å²) in [7, 11) is 0. The number of halogens is 4. The number of nitrogens with two attached hydrogens (primary N) is 1. The minimum Gasteiger partial charge on any atom is -0.396 e. The number of carbonyl (C=O) groups is 1. The highest BCUT2D eigenvalue weighted by atomic mass is 35.5. The Morgan fingerprint density at radius 1 is 1.20 bits per heavy atom. The van der Waals surface area contributed by atoms with Crippen molar-refractivity contribution in [2.45, 2.75) is 63.6 Å². The number of carbonyl (C=O) groups excluding carboxylic acids is 1. The lowest BCUT2D eigenvalue weighted by Gasteiger charge is -2.40. The molecule has 0 aromatic heterocycles. The summed E-state index contributed by atoms with van der Waals surface area (Å²) in [6.07, 6.45) is 1.60. The average Bonchev–Trinajstić information content (AvgIpc) is 3.04. The normalized spacial score (nSPS) is 24.5. The maximum atomic E-state index is 15.4. The quantitative estimate of drug-likeness (QED) is 0.368. The number of hydrogen-bond acceptors (Lipinski definition) is 4. The molecule has 4 unspecified atom stereocenters. The molecule has 0 bridgehead atoms. The maximum Gasteiger partial charge on any atom is 0.237 e. The Morgan fingerprint density at radius 3 is 2.54 bits per heavy atom. The van der Waals surface area contributed by atoms with E-state index in [1.54, 1.807) is 6.07 Å². The van der Waals surface area contributed by atoms with E-state index >= 15 is 8.78 Å². The molecule has 192 valence electrons. The molecule has 5 nitrogen and oxygen atoms in total. The van der Waals surface area contributed by atoms with Crippen molar-refractivity contribution >= 4 is 29.1 Å². The number of amides is 1. The fourth-order valence-corrected chi connectivity index (χ4v) is 5.30. The smallest absolute Gasteiger partial charge is 0.237 e. The molecular weight excluding hydrogens is 495 g/mol. The van der Waals surface area contributed by atoms with Gasteiger partial charge in [-0.15, -0.1) is 0 Å². The monoisotopic (exact) mass is 527 g/mol. The highest BCUT2D eigenvalue weighted by Crippen LogP contribution is 2.49. The number of aliphatic hydroxyl groups is 1. The van der Waals surface area contributed by atoms with Crippen LogP contribution in [0.2, 0.25) is 10.0 Å². The Morgan fingerprint density at radius 2 is 1.91 bits per heavy atom. The Bertz CT molecular complexity index is 1060. The van der Waals surface area contributed by atoms with Crippen LogP contribution in [0, 0.1) is 17.0 Å². The predicted molar refractivity (Wildman–Crippen MR) is 136 cm³/mol. The van der Waals surface area contributed by atoms with Gasteiger partial charge in [0.1, 0.15) is 11.6 Å². The fourth-order valence-electron chi connectivity index (χ4n) is 4.96. The molecule has 0 spiro atoms. The van der Waals surface area contributed by atoms with Gasteiger partial charge in [0, 0.05) is 35.7 Å². The summed E-state index contributed by atoms with van der Waals surface area (Å²) < 4.78 is 30.8. The van der Waals surface area contributed by atoms with Crippen LogP contribution in [-0.2, 0) is 10.3 Å². The van der Waals surface area contributed by atoms with E-state index in [9.17, 15) is 4.79 Å². The molecule has 1 fully saturated rings. The molecule has 1 heterocycles. The number of aliphatic hydroxyl groups excluding tert-OH is 1. The van der Waals surface area contributed by atoms with Crippen LogP contribution in [0.25, 0.3) is 0 Å². The Labute approximate surface area is 215 Å². The Hall–Kier alpha value is -1.77. The van der Waals surface area contributed by atoms with Crippen LogP contribution in [0.4, 0.5) is 8.78 Å². The van der Waals surface area contributed by atoms with E-state index in [2.05, 4.69) is 10.6 Å². The van der Waals surface area contributed by atoms with E-state index in [0.717, 1.165) is 0 Å². The average molecular weight is 528 g/mol. The van der Waals surface area contributed by atoms with Gasteiger partial charge >= 0.3 is 0 Å². The lowest BCUT2D eigenvalue weighted by atomic mass is 9.68.